The molecule has 0 aliphatic carbocycles. The zero-order valence-electron chi connectivity index (χ0n) is 13.9. The molecule has 2 atom stereocenters. The molecule has 2 amide bonds. The number of rotatable bonds is 5. The van der Waals surface area contributed by atoms with Gasteiger partial charge in [0.2, 0.25) is 5.91 Å². The van der Waals surface area contributed by atoms with Crippen LogP contribution in [0.15, 0.2) is 23.3 Å². The summed E-state index contributed by atoms with van der Waals surface area (Å²) in [6, 6.07) is 3.80. The van der Waals surface area contributed by atoms with Gasteiger partial charge in [-0.25, -0.2) is 9.69 Å². The Bertz CT molecular complexity index is 775. The first kappa shape index (κ1) is 16.7. The van der Waals surface area contributed by atoms with Crippen LogP contribution in [-0.4, -0.2) is 50.4 Å². The number of ether oxygens (including phenoxy) is 3. The van der Waals surface area contributed by atoms with Crippen molar-refractivity contribution in [3.05, 3.63) is 18.2 Å². The highest BCUT2D eigenvalue weighted by atomic mass is 16.5. The number of methoxy groups -OCH3 is 2. The molecule has 1 saturated heterocycles. The maximum atomic E-state index is 12.8. The number of amides is 2. The van der Waals surface area contributed by atoms with E-state index in [1.807, 2.05) is 0 Å². The minimum atomic E-state index is -1.02. The van der Waals surface area contributed by atoms with Crippen LogP contribution in [0.1, 0.15) is 6.92 Å². The normalized spacial score (nSPS) is 21.6. The summed E-state index contributed by atoms with van der Waals surface area (Å²) in [4.78, 5) is 38.5. The highest BCUT2D eigenvalue weighted by Crippen LogP contribution is 2.38. The van der Waals surface area contributed by atoms with Crippen molar-refractivity contribution in [1.82, 2.24) is 5.43 Å². The van der Waals surface area contributed by atoms with Crippen LogP contribution in [0.2, 0.25) is 0 Å². The van der Waals surface area contributed by atoms with E-state index >= 15 is 0 Å². The van der Waals surface area contributed by atoms with Crippen molar-refractivity contribution >= 4 is 29.2 Å². The lowest BCUT2D eigenvalue weighted by atomic mass is 9.99. The minimum absolute atomic E-state index is 0.0971. The molecule has 0 unspecified atom stereocenters. The highest BCUT2D eigenvalue weighted by Gasteiger charge is 2.56. The van der Waals surface area contributed by atoms with Crippen molar-refractivity contribution in [2.45, 2.75) is 13.0 Å². The number of nitrogens with zero attached hydrogens (tertiary/aromatic N) is 2. The molecule has 0 radical (unpaired) electrons. The van der Waals surface area contributed by atoms with Crippen LogP contribution in [0.4, 0.5) is 5.69 Å². The smallest absolute Gasteiger partial charge is 0.355 e. The van der Waals surface area contributed by atoms with Gasteiger partial charge >= 0.3 is 5.97 Å². The van der Waals surface area contributed by atoms with Gasteiger partial charge in [-0.15, -0.1) is 0 Å². The number of benzene rings is 1. The summed E-state index contributed by atoms with van der Waals surface area (Å²) >= 11 is 0. The fraction of sp³-hybridized carbons (Fsp3) is 0.375. The molecule has 2 heterocycles. The molecule has 2 aliphatic rings. The van der Waals surface area contributed by atoms with E-state index in [1.54, 1.807) is 25.1 Å². The number of hydrogen-bond acceptors (Lipinski definition) is 8. The van der Waals surface area contributed by atoms with Gasteiger partial charge in [0.05, 0.1) is 26.5 Å². The predicted molar refractivity (Wildman–Crippen MR) is 86.5 cm³/mol. The summed E-state index contributed by atoms with van der Waals surface area (Å²) < 4.78 is 15.3. The summed E-state index contributed by atoms with van der Waals surface area (Å²) in [5, 5.41) is 3.81. The second-order valence-corrected chi connectivity index (χ2v) is 5.35. The maximum Gasteiger partial charge on any atom is 0.355 e. The second kappa shape index (κ2) is 6.42. The molecule has 0 bridgehead atoms. The van der Waals surface area contributed by atoms with Crippen molar-refractivity contribution in [2.75, 3.05) is 25.7 Å². The molecule has 9 nitrogen and oxygen atoms in total. The molecule has 132 valence electrons. The molecule has 25 heavy (non-hydrogen) atoms. The van der Waals surface area contributed by atoms with E-state index in [4.69, 9.17) is 14.2 Å². The summed E-state index contributed by atoms with van der Waals surface area (Å²) in [6.45, 7) is 1.79. The Morgan fingerprint density at radius 1 is 1.24 bits per heavy atom. The van der Waals surface area contributed by atoms with E-state index in [0.717, 1.165) is 4.90 Å². The topological polar surface area (TPSA) is 107 Å². The van der Waals surface area contributed by atoms with Crippen LogP contribution >= 0.6 is 0 Å². The largest absolute Gasteiger partial charge is 0.497 e. The minimum Gasteiger partial charge on any atom is -0.497 e. The van der Waals surface area contributed by atoms with Crippen molar-refractivity contribution in [1.29, 1.82) is 0 Å². The molecule has 1 N–H and O–H groups in total. The molecule has 0 aromatic heterocycles. The van der Waals surface area contributed by atoms with Crippen molar-refractivity contribution in [3.63, 3.8) is 0 Å². The third-order valence-electron chi connectivity index (χ3n) is 4.04. The van der Waals surface area contributed by atoms with Crippen molar-refractivity contribution < 1.29 is 28.6 Å². The first-order valence-electron chi connectivity index (χ1n) is 7.63. The number of hydrazone groups is 1. The first-order chi connectivity index (χ1) is 12.0. The molecule has 0 spiro atoms. The quantitative estimate of drug-likeness (QED) is 0.594. The first-order valence-corrected chi connectivity index (χ1v) is 7.63. The number of esters is 1. The van der Waals surface area contributed by atoms with Gasteiger partial charge in [0, 0.05) is 6.07 Å². The summed E-state index contributed by atoms with van der Waals surface area (Å²) in [6.07, 6.45) is 0. The highest BCUT2D eigenvalue weighted by molar-refractivity contribution is 6.46. The van der Waals surface area contributed by atoms with Crippen LogP contribution in [0, 0.1) is 5.92 Å². The SMILES string of the molecule is CCOC(=O)C1=NN[C@H]2C(=O)N(c3ccc(OC)cc3OC)C(=O)[C@H]12. The third kappa shape index (κ3) is 2.57. The molecule has 0 saturated carbocycles. The fourth-order valence-corrected chi connectivity index (χ4v) is 2.87. The van der Waals surface area contributed by atoms with Gasteiger partial charge in [0.25, 0.3) is 5.91 Å². The Morgan fingerprint density at radius 3 is 2.64 bits per heavy atom. The zero-order chi connectivity index (χ0) is 18.1. The van der Waals surface area contributed by atoms with E-state index in [0.29, 0.717) is 11.5 Å². The summed E-state index contributed by atoms with van der Waals surface area (Å²) in [5.74, 6) is -1.98. The number of imide groups is 1. The lowest BCUT2D eigenvalue weighted by Gasteiger charge is -2.19. The number of hydrogen-bond donors (Lipinski definition) is 1. The van der Waals surface area contributed by atoms with E-state index in [9.17, 15) is 14.4 Å². The van der Waals surface area contributed by atoms with Gasteiger partial charge in [-0.2, -0.15) is 5.10 Å². The van der Waals surface area contributed by atoms with Crippen LogP contribution in [0.25, 0.3) is 0 Å². The summed E-state index contributed by atoms with van der Waals surface area (Å²) in [5.41, 5.74) is 2.74. The van der Waals surface area contributed by atoms with Gasteiger partial charge in [-0.05, 0) is 19.1 Å². The van der Waals surface area contributed by atoms with Gasteiger partial charge in [-0.3, -0.25) is 15.0 Å². The molecule has 2 aliphatic heterocycles. The molecule has 1 fully saturated rings. The molecular formula is C16H17N3O6. The average molecular weight is 347 g/mol. The number of carbonyl (C=O) groups excluding carboxylic acids is 3. The van der Waals surface area contributed by atoms with Crippen LogP contribution in [-0.2, 0) is 19.1 Å². The van der Waals surface area contributed by atoms with E-state index in [-0.39, 0.29) is 18.0 Å². The Balaban J connectivity index is 1.96. The van der Waals surface area contributed by atoms with E-state index in [2.05, 4.69) is 10.5 Å². The van der Waals surface area contributed by atoms with Crippen molar-refractivity contribution in [3.8, 4) is 11.5 Å². The summed E-state index contributed by atoms with van der Waals surface area (Å²) in [7, 11) is 2.92. The zero-order valence-corrected chi connectivity index (χ0v) is 13.9. The van der Waals surface area contributed by atoms with Gasteiger partial charge in [0.1, 0.15) is 23.5 Å². The Hall–Kier alpha value is -3.10. The molecule has 9 heteroatoms. The Kier molecular flexibility index (Phi) is 4.30. The Labute approximate surface area is 143 Å². The third-order valence-corrected chi connectivity index (χ3v) is 4.04. The fourth-order valence-electron chi connectivity index (χ4n) is 2.87. The van der Waals surface area contributed by atoms with Crippen LogP contribution < -0.4 is 19.8 Å². The Morgan fingerprint density at radius 2 is 2.00 bits per heavy atom. The van der Waals surface area contributed by atoms with Crippen LogP contribution in [0.3, 0.4) is 0 Å². The lowest BCUT2D eigenvalue weighted by molar-refractivity contribution is -0.136. The standard InChI is InChI=1S/C16H17N3O6/c1-4-25-16(22)13-11-12(17-18-13)15(21)19(14(11)20)9-6-5-8(23-2)7-10(9)24-3/h5-7,11-12,17H,4H2,1-3H3/t11-,12+/m0/s1. The number of anilines is 1. The van der Waals surface area contributed by atoms with Gasteiger partial charge < -0.3 is 14.2 Å². The molecule has 1 aromatic carbocycles. The predicted octanol–water partition coefficient (Wildman–Crippen LogP) is 0.0841. The molecule has 3 rings (SSSR count). The number of carbonyl (C=O) groups is 3. The average Bonchev–Trinajstić information content (AvgIpc) is 3.15. The molecule has 1 aromatic rings. The lowest BCUT2D eigenvalue weighted by Crippen LogP contribution is -2.36. The monoisotopic (exact) mass is 347 g/mol. The molecular weight excluding hydrogens is 330 g/mol. The number of nitrogens with one attached hydrogen (secondary N) is 1. The van der Waals surface area contributed by atoms with Crippen LogP contribution in [0.5, 0.6) is 11.5 Å². The maximum absolute atomic E-state index is 12.8. The number of fused-ring (bicyclic) bond motifs is 1. The van der Waals surface area contributed by atoms with Gasteiger partial charge in [-0.1, -0.05) is 0 Å². The van der Waals surface area contributed by atoms with Gasteiger partial charge in [0.15, 0.2) is 5.71 Å². The van der Waals surface area contributed by atoms with Crippen molar-refractivity contribution in [2.24, 2.45) is 11.0 Å². The van der Waals surface area contributed by atoms with E-state index < -0.39 is 29.7 Å². The second-order valence-electron chi connectivity index (χ2n) is 5.35. The van der Waals surface area contributed by atoms with E-state index in [1.165, 1.54) is 14.2 Å².